The Labute approximate surface area is 209 Å². The van der Waals surface area contributed by atoms with Gasteiger partial charge in [0.1, 0.15) is 4.34 Å². The van der Waals surface area contributed by atoms with Gasteiger partial charge in [0.05, 0.1) is 14.8 Å². The Bertz CT molecular complexity index is 1480. The molecule has 174 valence electrons. The number of nitrogens with zero attached hydrogens (tertiary/aromatic N) is 3. The zero-order valence-electron chi connectivity index (χ0n) is 17.4. The topological polar surface area (TPSA) is 105 Å². The first-order chi connectivity index (χ1) is 16.3. The molecule has 2 aromatic carbocycles. The Morgan fingerprint density at radius 2 is 1.79 bits per heavy atom. The Kier molecular flexibility index (Phi) is 6.17. The van der Waals surface area contributed by atoms with Crippen LogP contribution in [0.1, 0.15) is 21.5 Å². The fraction of sp³-hybridized carbons (Fsp3) is 0.136. The highest BCUT2D eigenvalue weighted by Gasteiger charge is 2.28. The molecule has 0 aliphatic carbocycles. The van der Waals surface area contributed by atoms with Gasteiger partial charge in [-0.05, 0) is 47.9 Å². The molecule has 34 heavy (non-hydrogen) atoms. The zero-order chi connectivity index (χ0) is 23.9. The highest BCUT2D eigenvalue weighted by Crippen LogP contribution is 2.37. The molecule has 0 spiro atoms. The Morgan fingerprint density at radius 1 is 1.06 bits per heavy atom. The van der Waals surface area contributed by atoms with Gasteiger partial charge >= 0.3 is 6.01 Å². The molecular formula is C22H16Cl2N4O4S2. The summed E-state index contributed by atoms with van der Waals surface area (Å²) in [5, 5.41) is 10.2. The van der Waals surface area contributed by atoms with Crippen LogP contribution in [-0.4, -0.2) is 35.4 Å². The predicted molar refractivity (Wildman–Crippen MR) is 130 cm³/mol. The highest BCUT2D eigenvalue weighted by atomic mass is 35.5. The summed E-state index contributed by atoms with van der Waals surface area (Å²) in [4.78, 5) is 12.7. The van der Waals surface area contributed by atoms with Gasteiger partial charge in [-0.2, -0.15) is 4.31 Å². The van der Waals surface area contributed by atoms with Crippen molar-refractivity contribution in [1.29, 1.82) is 0 Å². The lowest BCUT2D eigenvalue weighted by Gasteiger charge is -2.28. The van der Waals surface area contributed by atoms with E-state index in [0.29, 0.717) is 33.7 Å². The van der Waals surface area contributed by atoms with Crippen LogP contribution in [0.25, 0.3) is 11.5 Å². The maximum Gasteiger partial charge on any atom is 0.322 e. The average Bonchev–Trinajstić information content (AvgIpc) is 3.43. The molecule has 8 nitrogen and oxygen atoms in total. The molecule has 0 radical (unpaired) electrons. The van der Waals surface area contributed by atoms with Crippen molar-refractivity contribution in [1.82, 2.24) is 14.5 Å². The van der Waals surface area contributed by atoms with Crippen LogP contribution in [0.15, 0.2) is 63.9 Å². The van der Waals surface area contributed by atoms with Crippen molar-refractivity contribution in [3.63, 3.8) is 0 Å². The summed E-state index contributed by atoms with van der Waals surface area (Å²) in [6.45, 7) is 0.722. The van der Waals surface area contributed by atoms with Crippen molar-refractivity contribution in [2.75, 3.05) is 11.9 Å². The van der Waals surface area contributed by atoms with Crippen molar-refractivity contribution < 1.29 is 17.6 Å². The summed E-state index contributed by atoms with van der Waals surface area (Å²) in [6.07, 6.45) is 0.658. The second-order valence-corrected chi connectivity index (χ2v) is 11.7. The quantitative estimate of drug-likeness (QED) is 0.381. The fourth-order valence-corrected chi connectivity index (χ4v) is 6.51. The van der Waals surface area contributed by atoms with Crippen LogP contribution in [0.4, 0.5) is 6.01 Å². The van der Waals surface area contributed by atoms with E-state index in [4.69, 9.17) is 27.6 Å². The van der Waals surface area contributed by atoms with Crippen LogP contribution < -0.4 is 5.32 Å². The molecule has 1 amide bonds. The molecular weight excluding hydrogens is 519 g/mol. The van der Waals surface area contributed by atoms with E-state index in [1.54, 1.807) is 6.07 Å². The minimum atomic E-state index is -3.70. The molecule has 5 rings (SSSR count). The number of halogens is 2. The van der Waals surface area contributed by atoms with Gasteiger partial charge in [-0.1, -0.05) is 52.6 Å². The highest BCUT2D eigenvalue weighted by molar-refractivity contribution is 7.89. The summed E-state index contributed by atoms with van der Waals surface area (Å²) in [7, 11) is -3.70. The Morgan fingerprint density at radius 3 is 2.50 bits per heavy atom. The second-order valence-electron chi connectivity index (χ2n) is 7.49. The first-order valence-electron chi connectivity index (χ1n) is 10.1. The molecule has 1 aliphatic rings. The van der Waals surface area contributed by atoms with Gasteiger partial charge in [-0.25, -0.2) is 8.42 Å². The molecule has 2 aromatic heterocycles. The van der Waals surface area contributed by atoms with Crippen LogP contribution >= 0.6 is 34.5 Å². The van der Waals surface area contributed by atoms with E-state index < -0.39 is 15.9 Å². The van der Waals surface area contributed by atoms with Gasteiger partial charge in [0.25, 0.3) is 11.8 Å². The maximum atomic E-state index is 13.1. The molecule has 0 fully saturated rings. The number of thiophene rings is 1. The van der Waals surface area contributed by atoms with Crippen molar-refractivity contribution in [3.05, 3.63) is 80.0 Å². The lowest BCUT2D eigenvalue weighted by molar-refractivity contribution is 0.102. The Hall–Kier alpha value is -2.76. The van der Waals surface area contributed by atoms with Crippen LogP contribution in [0.2, 0.25) is 8.67 Å². The SMILES string of the molecule is O=C(Nc1nnc(-c2cc(Cl)sc2Cl)o1)c1ccc(S(=O)(=O)N2CCc3ccccc3C2)cc1. The van der Waals surface area contributed by atoms with Gasteiger partial charge in [0, 0.05) is 18.7 Å². The molecule has 1 N–H and O–H groups in total. The molecule has 0 saturated carbocycles. The molecule has 12 heteroatoms. The van der Waals surface area contributed by atoms with Crippen molar-refractivity contribution in [3.8, 4) is 11.5 Å². The minimum Gasteiger partial charge on any atom is -0.403 e. The first kappa shape index (κ1) is 23.0. The molecule has 0 atom stereocenters. The van der Waals surface area contributed by atoms with Crippen LogP contribution in [0.5, 0.6) is 0 Å². The summed E-state index contributed by atoms with van der Waals surface area (Å²) in [5.74, 6) is -0.409. The van der Waals surface area contributed by atoms with E-state index in [2.05, 4.69) is 15.5 Å². The molecule has 1 aliphatic heterocycles. The lowest BCUT2D eigenvalue weighted by Crippen LogP contribution is -2.35. The fourth-order valence-electron chi connectivity index (χ4n) is 3.64. The molecule has 0 saturated heterocycles. The first-order valence-corrected chi connectivity index (χ1v) is 13.1. The summed E-state index contributed by atoms with van der Waals surface area (Å²) < 4.78 is 34.0. The van der Waals surface area contributed by atoms with Gasteiger partial charge in [0.2, 0.25) is 10.0 Å². The summed E-state index contributed by atoms with van der Waals surface area (Å²) in [6, 6.07) is 15.0. The third-order valence-electron chi connectivity index (χ3n) is 5.38. The number of hydrogen-bond acceptors (Lipinski definition) is 7. The van der Waals surface area contributed by atoms with E-state index in [-0.39, 0.29) is 22.4 Å². The number of sulfonamides is 1. The number of amides is 1. The van der Waals surface area contributed by atoms with Crippen LogP contribution in [0.3, 0.4) is 0 Å². The number of fused-ring (bicyclic) bond motifs is 1. The number of carbonyl (C=O) groups excluding carboxylic acids is 1. The normalized spacial score (nSPS) is 14.1. The average molecular weight is 535 g/mol. The number of rotatable bonds is 5. The molecule has 3 heterocycles. The number of nitrogens with one attached hydrogen (secondary N) is 1. The maximum absolute atomic E-state index is 13.1. The second kappa shape index (κ2) is 9.12. The lowest BCUT2D eigenvalue weighted by atomic mass is 10.0. The number of aromatic nitrogens is 2. The molecule has 4 aromatic rings. The standard InChI is InChI=1S/C22H16Cl2N4O4S2/c23-18-11-17(19(24)33-18)21-26-27-22(32-21)25-20(29)14-5-7-16(8-6-14)34(30,31)28-10-9-13-3-1-2-4-15(13)12-28/h1-8,11H,9-10,12H2,(H,25,27,29). The van der Waals surface area contributed by atoms with Crippen molar-refractivity contribution in [2.45, 2.75) is 17.9 Å². The van der Waals surface area contributed by atoms with E-state index >= 15 is 0 Å². The van der Waals surface area contributed by atoms with Gasteiger partial charge in [0.15, 0.2) is 0 Å². The van der Waals surface area contributed by atoms with E-state index in [1.807, 2.05) is 24.3 Å². The number of anilines is 1. The molecule has 0 unspecified atom stereocenters. The predicted octanol–water partition coefficient (Wildman–Crippen LogP) is 5.10. The summed E-state index contributed by atoms with van der Waals surface area (Å²) >= 11 is 13.2. The minimum absolute atomic E-state index is 0.118. The number of benzene rings is 2. The third kappa shape index (κ3) is 4.47. The van der Waals surface area contributed by atoms with E-state index in [9.17, 15) is 13.2 Å². The van der Waals surface area contributed by atoms with E-state index in [1.165, 1.54) is 28.6 Å². The van der Waals surface area contributed by atoms with Gasteiger partial charge in [-0.3, -0.25) is 10.1 Å². The van der Waals surface area contributed by atoms with E-state index in [0.717, 1.165) is 22.5 Å². The molecule has 0 bridgehead atoms. The number of hydrogen-bond donors (Lipinski definition) is 1. The summed E-state index contributed by atoms with van der Waals surface area (Å²) in [5.41, 5.74) is 2.87. The Balaban J connectivity index is 1.29. The van der Waals surface area contributed by atoms with Crippen LogP contribution in [0, 0.1) is 0 Å². The number of carbonyl (C=O) groups is 1. The van der Waals surface area contributed by atoms with Gasteiger partial charge in [-0.15, -0.1) is 16.4 Å². The van der Waals surface area contributed by atoms with Gasteiger partial charge < -0.3 is 4.42 Å². The van der Waals surface area contributed by atoms with Crippen molar-refractivity contribution >= 4 is 56.5 Å². The monoisotopic (exact) mass is 534 g/mol. The van der Waals surface area contributed by atoms with Crippen LogP contribution in [-0.2, 0) is 23.0 Å². The zero-order valence-corrected chi connectivity index (χ0v) is 20.5. The largest absolute Gasteiger partial charge is 0.403 e. The smallest absolute Gasteiger partial charge is 0.322 e. The third-order valence-corrected chi connectivity index (χ3v) is 8.73. The van der Waals surface area contributed by atoms with Crippen molar-refractivity contribution in [2.24, 2.45) is 0 Å².